The first-order valence-corrected chi connectivity index (χ1v) is 8.12. The van der Waals surface area contributed by atoms with E-state index >= 15 is 0 Å². The number of benzene rings is 2. The van der Waals surface area contributed by atoms with E-state index in [-0.39, 0.29) is 11.5 Å². The molecule has 0 aliphatic carbocycles. The quantitative estimate of drug-likeness (QED) is 0.523. The highest BCUT2D eigenvalue weighted by molar-refractivity contribution is 5.86. The smallest absolute Gasteiger partial charge is 0.223 e. The molecule has 0 fully saturated rings. The van der Waals surface area contributed by atoms with Gasteiger partial charge in [-0.1, -0.05) is 36.4 Å². The Morgan fingerprint density at radius 2 is 1.50 bits per heavy atom. The van der Waals surface area contributed by atoms with E-state index in [0.29, 0.717) is 22.6 Å². The molecule has 0 aliphatic heterocycles. The molecule has 0 unspecified atom stereocenters. The van der Waals surface area contributed by atoms with Crippen LogP contribution in [0.1, 0.15) is 17.2 Å². The molecule has 2 aromatic carbocycles. The largest absolute Gasteiger partial charge is 0.508 e. The summed E-state index contributed by atoms with van der Waals surface area (Å²) in [5.74, 6) is 0.558. The van der Waals surface area contributed by atoms with E-state index in [0.717, 1.165) is 5.39 Å². The van der Waals surface area contributed by atoms with Crippen molar-refractivity contribution < 1.29 is 10.2 Å². The summed E-state index contributed by atoms with van der Waals surface area (Å²) in [6, 6.07) is 15.5. The zero-order valence-corrected chi connectivity index (χ0v) is 13.7. The summed E-state index contributed by atoms with van der Waals surface area (Å²) in [5.41, 5.74) is 1.68. The molecule has 4 rings (SSSR count). The Hall–Kier alpha value is -3.67. The first kappa shape index (κ1) is 15.8. The van der Waals surface area contributed by atoms with Crippen LogP contribution in [0.2, 0.25) is 0 Å². The Morgan fingerprint density at radius 1 is 0.731 bits per heavy atom. The third kappa shape index (κ3) is 2.88. The van der Waals surface area contributed by atoms with Crippen LogP contribution in [0.25, 0.3) is 10.9 Å². The number of phenolic OH excluding ortho intramolecular Hbond substituents is 2. The zero-order valence-electron chi connectivity index (χ0n) is 13.7. The van der Waals surface area contributed by atoms with Gasteiger partial charge in [0, 0.05) is 35.1 Å². The first-order valence-electron chi connectivity index (χ1n) is 8.12. The molecule has 0 saturated heterocycles. The van der Waals surface area contributed by atoms with Crippen LogP contribution in [0, 0.1) is 0 Å². The van der Waals surface area contributed by atoms with Crippen molar-refractivity contribution in [2.75, 3.05) is 5.32 Å². The number of pyridine rings is 1. The van der Waals surface area contributed by atoms with Crippen molar-refractivity contribution >= 4 is 16.9 Å². The minimum atomic E-state index is -0.551. The fourth-order valence-corrected chi connectivity index (χ4v) is 2.94. The lowest BCUT2D eigenvalue weighted by Crippen LogP contribution is -2.14. The molecule has 2 heterocycles. The molecule has 0 amide bonds. The van der Waals surface area contributed by atoms with Gasteiger partial charge in [-0.25, -0.2) is 9.97 Å². The van der Waals surface area contributed by atoms with Gasteiger partial charge in [-0.3, -0.25) is 4.98 Å². The molecule has 3 N–H and O–H groups in total. The molecule has 0 aliphatic rings. The monoisotopic (exact) mass is 344 g/mol. The van der Waals surface area contributed by atoms with Crippen molar-refractivity contribution in [3.05, 3.63) is 84.3 Å². The molecule has 0 bridgehead atoms. The number of hydrogen-bond acceptors (Lipinski definition) is 6. The number of aromatic nitrogens is 3. The Labute approximate surface area is 149 Å². The summed E-state index contributed by atoms with van der Waals surface area (Å²) in [7, 11) is 0. The summed E-state index contributed by atoms with van der Waals surface area (Å²) in [4.78, 5) is 12.7. The van der Waals surface area contributed by atoms with Crippen LogP contribution in [0.4, 0.5) is 5.95 Å². The van der Waals surface area contributed by atoms with Crippen molar-refractivity contribution in [1.82, 2.24) is 15.0 Å². The third-order valence-electron chi connectivity index (χ3n) is 4.18. The number of nitrogens with zero attached hydrogens (tertiary/aromatic N) is 3. The second-order valence-electron chi connectivity index (χ2n) is 5.79. The maximum absolute atomic E-state index is 10.8. The normalized spacial score (nSPS) is 12.0. The van der Waals surface area contributed by atoms with Crippen molar-refractivity contribution in [2.45, 2.75) is 6.04 Å². The van der Waals surface area contributed by atoms with E-state index in [4.69, 9.17) is 0 Å². The molecular formula is C20H16N4O2. The molecular weight excluding hydrogens is 328 g/mol. The summed E-state index contributed by atoms with van der Waals surface area (Å²) in [5, 5.41) is 25.2. The lowest BCUT2D eigenvalue weighted by Gasteiger charge is -2.22. The maximum atomic E-state index is 10.8. The number of rotatable bonds is 4. The summed E-state index contributed by atoms with van der Waals surface area (Å²) >= 11 is 0. The Bertz CT molecular complexity index is 1050. The summed E-state index contributed by atoms with van der Waals surface area (Å²) in [6.45, 7) is 0. The van der Waals surface area contributed by atoms with Gasteiger partial charge in [0.2, 0.25) is 5.95 Å². The Morgan fingerprint density at radius 3 is 2.31 bits per heavy atom. The van der Waals surface area contributed by atoms with Gasteiger partial charge in [-0.2, -0.15) is 0 Å². The molecule has 26 heavy (non-hydrogen) atoms. The number of nitrogens with one attached hydrogen (secondary N) is 1. The van der Waals surface area contributed by atoms with E-state index in [2.05, 4.69) is 20.3 Å². The highest BCUT2D eigenvalue weighted by Gasteiger charge is 2.23. The minimum Gasteiger partial charge on any atom is -0.508 e. The molecule has 6 nitrogen and oxygen atoms in total. The van der Waals surface area contributed by atoms with Crippen LogP contribution >= 0.6 is 0 Å². The van der Waals surface area contributed by atoms with E-state index in [9.17, 15) is 10.2 Å². The SMILES string of the molecule is Oc1ccccc1[C@H](Nc1ncccn1)c1ccc2cccnc2c1O. The predicted octanol–water partition coefficient (Wildman–Crippen LogP) is 3.64. The van der Waals surface area contributed by atoms with Gasteiger partial charge in [0.25, 0.3) is 0 Å². The number of phenols is 2. The van der Waals surface area contributed by atoms with Crippen molar-refractivity contribution in [3.8, 4) is 11.5 Å². The molecule has 4 aromatic rings. The van der Waals surface area contributed by atoms with Crippen LogP contribution in [0.5, 0.6) is 11.5 Å². The average Bonchev–Trinajstić information content (AvgIpc) is 2.68. The van der Waals surface area contributed by atoms with Gasteiger partial charge >= 0.3 is 0 Å². The zero-order chi connectivity index (χ0) is 17.9. The second kappa shape index (κ2) is 6.68. The van der Waals surface area contributed by atoms with Gasteiger partial charge in [-0.05, 0) is 18.2 Å². The van der Waals surface area contributed by atoms with E-state index in [1.165, 1.54) is 0 Å². The van der Waals surface area contributed by atoms with Crippen molar-refractivity contribution in [2.24, 2.45) is 0 Å². The molecule has 1 atom stereocenters. The van der Waals surface area contributed by atoms with Gasteiger partial charge in [0.15, 0.2) is 0 Å². The number of hydrogen-bond donors (Lipinski definition) is 3. The fraction of sp³-hybridized carbons (Fsp3) is 0.0500. The fourth-order valence-electron chi connectivity index (χ4n) is 2.94. The molecule has 6 heteroatoms. The number of anilines is 1. The van der Waals surface area contributed by atoms with E-state index in [1.807, 2.05) is 30.3 Å². The highest BCUT2D eigenvalue weighted by Crippen LogP contribution is 2.38. The molecule has 0 saturated carbocycles. The number of aromatic hydroxyl groups is 2. The predicted molar refractivity (Wildman–Crippen MR) is 99.0 cm³/mol. The van der Waals surface area contributed by atoms with Gasteiger partial charge < -0.3 is 15.5 Å². The van der Waals surface area contributed by atoms with Gasteiger partial charge in [0.05, 0.1) is 6.04 Å². The standard InChI is InChI=1S/C20H16N4O2/c25-16-7-2-1-6-14(16)18(24-20-22-11-4-12-23-20)15-9-8-13-5-3-10-21-17(13)19(15)26/h1-12,18,25-26H,(H,22,23,24)/t18-/m0/s1. The van der Waals surface area contributed by atoms with Crippen molar-refractivity contribution in [1.29, 1.82) is 0 Å². The van der Waals surface area contributed by atoms with E-state index < -0.39 is 6.04 Å². The maximum Gasteiger partial charge on any atom is 0.223 e. The third-order valence-corrected chi connectivity index (χ3v) is 4.18. The Kier molecular flexibility index (Phi) is 4.07. The highest BCUT2D eigenvalue weighted by atomic mass is 16.3. The van der Waals surface area contributed by atoms with Crippen LogP contribution in [-0.4, -0.2) is 25.2 Å². The van der Waals surface area contributed by atoms with Gasteiger partial charge in [-0.15, -0.1) is 0 Å². The number of fused-ring (bicyclic) bond motifs is 1. The van der Waals surface area contributed by atoms with Crippen LogP contribution in [-0.2, 0) is 0 Å². The lowest BCUT2D eigenvalue weighted by atomic mass is 9.95. The Balaban J connectivity index is 1.88. The van der Waals surface area contributed by atoms with Crippen molar-refractivity contribution in [3.63, 3.8) is 0 Å². The molecule has 0 spiro atoms. The summed E-state index contributed by atoms with van der Waals surface area (Å²) < 4.78 is 0. The van der Waals surface area contributed by atoms with Crippen LogP contribution in [0.3, 0.4) is 0 Å². The van der Waals surface area contributed by atoms with Crippen LogP contribution in [0.15, 0.2) is 73.2 Å². The van der Waals surface area contributed by atoms with Crippen LogP contribution < -0.4 is 5.32 Å². The summed E-state index contributed by atoms with van der Waals surface area (Å²) in [6.07, 6.45) is 4.88. The molecule has 2 aromatic heterocycles. The topological polar surface area (TPSA) is 91.2 Å². The molecule has 128 valence electrons. The lowest BCUT2D eigenvalue weighted by molar-refractivity contribution is 0.459. The number of para-hydroxylation sites is 1. The van der Waals surface area contributed by atoms with Gasteiger partial charge in [0.1, 0.15) is 17.0 Å². The average molecular weight is 344 g/mol. The first-order chi connectivity index (χ1) is 12.7. The van der Waals surface area contributed by atoms with E-state index in [1.54, 1.807) is 42.9 Å². The second-order valence-corrected chi connectivity index (χ2v) is 5.79. The minimum absolute atomic E-state index is 0.0554. The molecule has 0 radical (unpaired) electrons.